The molecular formula is C42H46F2N10O5S. The molecule has 2 aromatic heterocycles. The van der Waals surface area contributed by atoms with Gasteiger partial charge in [-0.1, -0.05) is 17.9 Å². The normalized spacial score (nSPS) is 19.6. The molecule has 8 rings (SSSR count). The molecular weight excluding hydrogens is 795 g/mol. The number of aromatic nitrogens is 4. The highest BCUT2D eigenvalue weighted by molar-refractivity contribution is 7.89. The van der Waals surface area contributed by atoms with E-state index in [1.54, 1.807) is 0 Å². The van der Waals surface area contributed by atoms with Gasteiger partial charge in [-0.3, -0.25) is 24.6 Å². The fraction of sp³-hybridized carbons (Fsp3) is 0.476. The Morgan fingerprint density at radius 3 is 2.38 bits per heavy atom. The second-order valence-corrected chi connectivity index (χ2v) is 18.0. The average molecular weight is 841 g/mol. The molecule has 2 aromatic carbocycles. The molecule has 4 aromatic rings. The number of anilines is 2. The van der Waals surface area contributed by atoms with E-state index in [2.05, 4.69) is 71.4 Å². The first kappa shape index (κ1) is 41.1. The number of aryl methyl sites for hydroxylation is 1. The van der Waals surface area contributed by atoms with Gasteiger partial charge in [0, 0.05) is 50.1 Å². The monoisotopic (exact) mass is 840 g/mol. The molecule has 0 unspecified atom stereocenters. The summed E-state index contributed by atoms with van der Waals surface area (Å²) in [5.74, 6) is 7.14. The fourth-order valence-electron chi connectivity index (χ4n) is 8.98. The molecule has 60 heavy (non-hydrogen) atoms. The van der Waals surface area contributed by atoms with Crippen LogP contribution < -0.4 is 20.3 Å². The van der Waals surface area contributed by atoms with E-state index >= 15 is 0 Å². The summed E-state index contributed by atoms with van der Waals surface area (Å²) in [6.45, 7) is 0.205. The SMILES string of the molecule is Cn1nc(N2CCC(=O)NC2=O)c2ccc(C3CCC4(CC3)CCN(CC#Cc3cc(S(=O)(=O)N5CCC(Nc6ncc(OC(F)F)cn6)CC5)ccc3C#N)CC4)cc21. The minimum Gasteiger partial charge on any atom is -0.432 e. The number of hydrogen-bond donors (Lipinski definition) is 2. The number of amides is 3. The van der Waals surface area contributed by atoms with Crippen molar-refractivity contribution in [3.8, 4) is 23.7 Å². The summed E-state index contributed by atoms with van der Waals surface area (Å²) in [4.78, 5) is 36.2. The zero-order valence-electron chi connectivity index (χ0n) is 33.2. The Balaban J connectivity index is 0.827. The van der Waals surface area contributed by atoms with Crippen LogP contribution >= 0.6 is 0 Å². The van der Waals surface area contributed by atoms with Crippen molar-refractivity contribution in [2.75, 3.05) is 49.5 Å². The Morgan fingerprint density at radius 2 is 1.70 bits per heavy atom. The van der Waals surface area contributed by atoms with Crippen LogP contribution in [0.3, 0.4) is 0 Å². The van der Waals surface area contributed by atoms with Crippen LogP contribution in [-0.4, -0.2) is 101 Å². The topological polar surface area (TPSA) is 179 Å². The molecule has 3 aliphatic heterocycles. The largest absolute Gasteiger partial charge is 0.432 e. The van der Waals surface area contributed by atoms with Gasteiger partial charge in [0.2, 0.25) is 21.9 Å². The van der Waals surface area contributed by atoms with Crippen LogP contribution in [0.25, 0.3) is 10.9 Å². The summed E-state index contributed by atoms with van der Waals surface area (Å²) in [6.07, 6.45) is 10.2. The second kappa shape index (κ2) is 17.1. The number of urea groups is 1. The van der Waals surface area contributed by atoms with E-state index in [0.717, 1.165) is 74.9 Å². The van der Waals surface area contributed by atoms with Gasteiger partial charge in [-0.2, -0.15) is 23.4 Å². The van der Waals surface area contributed by atoms with Crippen molar-refractivity contribution in [2.24, 2.45) is 12.5 Å². The Bertz CT molecular complexity index is 2470. The number of sulfonamides is 1. The number of carbonyl (C=O) groups is 2. The van der Waals surface area contributed by atoms with Crippen molar-refractivity contribution < 1.29 is 31.5 Å². The van der Waals surface area contributed by atoms with Gasteiger partial charge in [0.25, 0.3) is 0 Å². The number of benzene rings is 2. The molecule has 0 bridgehead atoms. The number of nitriles is 1. The molecule has 0 atom stereocenters. The van der Waals surface area contributed by atoms with Crippen LogP contribution in [0.1, 0.15) is 80.4 Å². The first-order chi connectivity index (χ1) is 28.9. The number of hydrogen-bond acceptors (Lipinski definition) is 11. The lowest BCUT2D eigenvalue weighted by Crippen LogP contribution is -2.49. The minimum absolute atomic E-state index is 0.0842. The highest BCUT2D eigenvalue weighted by Crippen LogP contribution is 2.49. The predicted molar refractivity (Wildman–Crippen MR) is 218 cm³/mol. The molecule has 0 radical (unpaired) electrons. The van der Waals surface area contributed by atoms with Gasteiger partial charge in [0.1, 0.15) is 6.07 Å². The maximum atomic E-state index is 13.7. The maximum Gasteiger partial charge on any atom is 0.387 e. The van der Waals surface area contributed by atoms with Gasteiger partial charge >= 0.3 is 12.6 Å². The number of imide groups is 1. The van der Waals surface area contributed by atoms with E-state index < -0.39 is 22.7 Å². The molecule has 4 fully saturated rings. The summed E-state index contributed by atoms with van der Waals surface area (Å²) in [6, 6.07) is 12.5. The fourth-order valence-corrected chi connectivity index (χ4v) is 10.5. The van der Waals surface area contributed by atoms with Gasteiger partial charge in [0.05, 0.1) is 34.9 Å². The van der Waals surface area contributed by atoms with Gasteiger partial charge < -0.3 is 10.1 Å². The van der Waals surface area contributed by atoms with Crippen LogP contribution in [0.5, 0.6) is 5.75 Å². The number of ether oxygens (including phenoxy) is 1. The van der Waals surface area contributed by atoms with Gasteiger partial charge in [-0.15, -0.1) is 0 Å². The maximum absolute atomic E-state index is 13.7. The van der Waals surface area contributed by atoms with Crippen molar-refractivity contribution in [3.05, 3.63) is 65.5 Å². The van der Waals surface area contributed by atoms with Crippen molar-refractivity contribution in [2.45, 2.75) is 81.3 Å². The van der Waals surface area contributed by atoms with Crippen LogP contribution in [0.2, 0.25) is 0 Å². The van der Waals surface area contributed by atoms with E-state index in [0.29, 0.717) is 54.2 Å². The standard InChI is InChI=1S/C42H46F2N10O5S/c1-51-36-24-30(5-7-35(36)38(50-51)54-20-12-37(55)49-41(54)56)28-8-13-42(14-9-28)15-21-52(22-16-42)17-2-3-29-23-34(6-4-31(29)25-45)60(57,58)53-18-10-32(11-19-53)48-40-46-26-33(27-47-40)59-39(43)44/h4-7,23-24,26-28,32,39H,8-22H2,1H3,(H,46,47,48)(H,49,55,56). The number of halogens is 2. The third kappa shape index (κ3) is 8.77. The van der Waals surface area contributed by atoms with E-state index in [9.17, 15) is 32.0 Å². The average Bonchev–Trinajstić information content (AvgIpc) is 3.57. The predicted octanol–water partition coefficient (Wildman–Crippen LogP) is 5.34. The minimum atomic E-state index is -3.85. The van der Waals surface area contributed by atoms with Crippen molar-refractivity contribution in [1.29, 1.82) is 5.26 Å². The highest BCUT2D eigenvalue weighted by atomic mass is 32.2. The lowest BCUT2D eigenvalue weighted by Gasteiger charge is -2.45. The zero-order valence-corrected chi connectivity index (χ0v) is 34.1. The summed E-state index contributed by atoms with van der Waals surface area (Å²) in [5.41, 5.74) is 3.25. The van der Waals surface area contributed by atoms with E-state index in [1.807, 2.05) is 11.7 Å². The van der Waals surface area contributed by atoms with Gasteiger partial charge in [-0.05, 0) is 112 Å². The summed E-state index contributed by atoms with van der Waals surface area (Å²) in [5, 5.41) is 20.8. The molecule has 314 valence electrons. The number of likely N-dealkylation sites (tertiary alicyclic amines) is 1. The van der Waals surface area contributed by atoms with Crippen molar-refractivity contribution in [1.82, 2.24) is 34.3 Å². The Labute approximate surface area is 347 Å². The van der Waals surface area contributed by atoms with E-state index in [1.165, 1.54) is 33.0 Å². The third-order valence-corrected chi connectivity index (χ3v) is 14.4. The number of nitrogens with zero attached hydrogens (tertiary/aromatic N) is 8. The number of nitrogens with one attached hydrogen (secondary N) is 2. The third-order valence-electron chi connectivity index (χ3n) is 12.5. The number of carbonyl (C=O) groups excluding carboxylic acids is 2. The van der Waals surface area contributed by atoms with Crippen LogP contribution in [0.4, 0.5) is 25.3 Å². The number of fused-ring (bicyclic) bond motifs is 1. The number of alkyl halides is 2. The Hall–Kier alpha value is -5.69. The zero-order chi connectivity index (χ0) is 42.0. The molecule has 1 saturated carbocycles. The molecule has 1 aliphatic carbocycles. The molecule has 5 heterocycles. The number of piperidine rings is 2. The lowest BCUT2D eigenvalue weighted by atomic mass is 9.64. The van der Waals surface area contributed by atoms with Crippen molar-refractivity contribution >= 4 is 44.6 Å². The first-order valence-corrected chi connectivity index (χ1v) is 21.7. The second-order valence-electron chi connectivity index (χ2n) is 16.1. The summed E-state index contributed by atoms with van der Waals surface area (Å²) < 4.78 is 59.7. The highest BCUT2D eigenvalue weighted by Gasteiger charge is 2.38. The molecule has 3 saturated heterocycles. The van der Waals surface area contributed by atoms with Gasteiger partial charge in [-0.25, -0.2) is 23.2 Å². The lowest BCUT2D eigenvalue weighted by molar-refractivity contribution is -0.120. The molecule has 3 amide bonds. The van der Waals surface area contributed by atoms with Crippen LogP contribution in [0.15, 0.2) is 53.7 Å². The molecule has 2 N–H and O–H groups in total. The van der Waals surface area contributed by atoms with Gasteiger partial charge in [0.15, 0.2) is 11.6 Å². The Morgan fingerprint density at radius 1 is 0.967 bits per heavy atom. The molecule has 15 nitrogen and oxygen atoms in total. The Kier molecular flexibility index (Phi) is 11.7. The van der Waals surface area contributed by atoms with Crippen LogP contribution in [-0.2, 0) is 21.9 Å². The molecule has 18 heteroatoms. The van der Waals surface area contributed by atoms with E-state index in [4.69, 9.17) is 0 Å². The number of rotatable bonds is 9. The molecule has 4 aliphatic rings. The smallest absolute Gasteiger partial charge is 0.387 e. The summed E-state index contributed by atoms with van der Waals surface area (Å²) in [7, 11) is -1.97. The van der Waals surface area contributed by atoms with E-state index in [-0.39, 0.29) is 48.1 Å². The first-order valence-electron chi connectivity index (χ1n) is 20.3. The van der Waals surface area contributed by atoms with Crippen molar-refractivity contribution in [3.63, 3.8) is 0 Å². The summed E-state index contributed by atoms with van der Waals surface area (Å²) >= 11 is 0. The molecule has 1 spiro atoms. The van der Waals surface area contributed by atoms with Crippen LogP contribution in [0, 0.1) is 28.6 Å². The quantitative estimate of drug-likeness (QED) is 0.208.